The van der Waals surface area contributed by atoms with E-state index in [2.05, 4.69) is 0 Å². The van der Waals surface area contributed by atoms with Crippen molar-refractivity contribution in [2.75, 3.05) is 14.2 Å². The molecule has 0 atom stereocenters. The van der Waals surface area contributed by atoms with Gasteiger partial charge in [-0.05, 0) is 56.5 Å². The molecule has 5 heteroatoms. The van der Waals surface area contributed by atoms with Crippen LogP contribution in [0, 0.1) is 0 Å². The quantitative estimate of drug-likeness (QED) is 0.623. The maximum atomic E-state index is 13.5. The van der Waals surface area contributed by atoms with Gasteiger partial charge in [-0.15, -0.1) is 0 Å². The lowest BCUT2D eigenvalue weighted by atomic mass is 10.1. The van der Waals surface area contributed by atoms with Gasteiger partial charge >= 0.3 is 0 Å². The van der Waals surface area contributed by atoms with E-state index in [-0.39, 0.29) is 18.1 Å². The molecule has 2 aromatic rings. The van der Waals surface area contributed by atoms with Crippen LogP contribution in [0.2, 0.25) is 0 Å². The van der Waals surface area contributed by atoms with E-state index in [1.165, 1.54) is 0 Å². The first-order valence-corrected chi connectivity index (χ1v) is 10.3. The van der Waals surface area contributed by atoms with Crippen LogP contribution in [-0.2, 0) is 6.54 Å². The number of hydrogen-bond acceptors (Lipinski definition) is 4. The van der Waals surface area contributed by atoms with E-state index in [0.717, 1.165) is 31.2 Å². The molecule has 0 unspecified atom stereocenters. The number of rotatable bonds is 8. The number of methoxy groups -OCH3 is 2. The molecule has 2 aromatic carbocycles. The zero-order valence-corrected chi connectivity index (χ0v) is 17.8. The summed E-state index contributed by atoms with van der Waals surface area (Å²) in [6, 6.07) is 13.6. The molecule has 156 valence electrons. The number of amides is 1. The normalized spacial score (nSPS) is 14.1. The summed E-state index contributed by atoms with van der Waals surface area (Å²) in [6.45, 7) is 4.50. The first-order valence-electron chi connectivity index (χ1n) is 10.3. The van der Waals surface area contributed by atoms with Crippen molar-refractivity contribution in [1.29, 1.82) is 0 Å². The molecule has 0 radical (unpaired) electrons. The first-order chi connectivity index (χ1) is 14.0. The molecule has 0 spiro atoms. The van der Waals surface area contributed by atoms with Crippen molar-refractivity contribution in [3.05, 3.63) is 53.6 Å². The SMILES string of the molecule is COc1ccc(CN(C(=O)c2ccccc2OC)C2CCCC2)cc1OC(C)C. The van der Waals surface area contributed by atoms with Gasteiger partial charge in [0.25, 0.3) is 5.91 Å². The predicted molar refractivity (Wildman–Crippen MR) is 114 cm³/mol. The third-order valence-corrected chi connectivity index (χ3v) is 5.31. The molecule has 1 aliphatic carbocycles. The average molecular weight is 398 g/mol. The highest BCUT2D eigenvalue weighted by Gasteiger charge is 2.29. The molecule has 0 N–H and O–H groups in total. The van der Waals surface area contributed by atoms with E-state index < -0.39 is 0 Å². The Labute approximate surface area is 173 Å². The van der Waals surface area contributed by atoms with Gasteiger partial charge in [-0.25, -0.2) is 0 Å². The van der Waals surface area contributed by atoms with Crippen molar-refractivity contribution in [2.24, 2.45) is 0 Å². The second-order valence-electron chi connectivity index (χ2n) is 7.72. The van der Waals surface area contributed by atoms with Gasteiger partial charge in [-0.1, -0.05) is 31.0 Å². The van der Waals surface area contributed by atoms with Crippen molar-refractivity contribution < 1.29 is 19.0 Å². The number of ether oxygens (including phenoxy) is 3. The van der Waals surface area contributed by atoms with Crippen LogP contribution in [0.4, 0.5) is 0 Å². The summed E-state index contributed by atoms with van der Waals surface area (Å²) in [4.78, 5) is 15.5. The number of hydrogen-bond donors (Lipinski definition) is 0. The summed E-state index contributed by atoms with van der Waals surface area (Å²) < 4.78 is 16.8. The van der Waals surface area contributed by atoms with Gasteiger partial charge in [0.05, 0.1) is 25.9 Å². The third kappa shape index (κ3) is 5.03. The number of carbonyl (C=O) groups excluding carboxylic acids is 1. The Hall–Kier alpha value is -2.69. The predicted octanol–water partition coefficient (Wildman–Crippen LogP) is 5.08. The molecule has 5 nitrogen and oxygen atoms in total. The van der Waals surface area contributed by atoms with Gasteiger partial charge in [-0.2, -0.15) is 0 Å². The zero-order valence-electron chi connectivity index (χ0n) is 17.8. The van der Waals surface area contributed by atoms with Gasteiger partial charge in [0.1, 0.15) is 5.75 Å². The molecule has 1 fully saturated rings. The van der Waals surface area contributed by atoms with Crippen molar-refractivity contribution in [2.45, 2.75) is 58.2 Å². The first kappa shape index (κ1) is 21.0. The van der Waals surface area contributed by atoms with Crippen molar-refractivity contribution >= 4 is 5.91 Å². The highest BCUT2D eigenvalue weighted by atomic mass is 16.5. The van der Waals surface area contributed by atoms with E-state index in [0.29, 0.717) is 29.4 Å². The smallest absolute Gasteiger partial charge is 0.258 e. The van der Waals surface area contributed by atoms with Crippen LogP contribution in [0.1, 0.15) is 55.5 Å². The molecule has 0 aromatic heterocycles. The maximum absolute atomic E-state index is 13.5. The number of carbonyl (C=O) groups is 1. The van der Waals surface area contributed by atoms with Gasteiger partial charge in [0, 0.05) is 12.6 Å². The summed E-state index contributed by atoms with van der Waals surface area (Å²) in [5.41, 5.74) is 1.63. The molecular formula is C24H31NO4. The summed E-state index contributed by atoms with van der Waals surface area (Å²) >= 11 is 0. The Bertz CT molecular complexity index is 827. The van der Waals surface area contributed by atoms with Crippen molar-refractivity contribution in [3.63, 3.8) is 0 Å². The van der Waals surface area contributed by atoms with E-state index in [4.69, 9.17) is 14.2 Å². The van der Waals surface area contributed by atoms with Crippen LogP contribution in [-0.4, -0.2) is 37.2 Å². The number of para-hydroxylation sites is 1. The molecule has 0 saturated heterocycles. The number of nitrogens with zero attached hydrogens (tertiary/aromatic N) is 1. The lowest BCUT2D eigenvalue weighted by Crippen LogP contribution is -2.38. The summed E-state index contributed by atoms with van der Waals surface area (Å²) in [5.74, 6) is 2.03. The molecule has 0 aliphatic heterocycles. The monoisotopic (exact) mass is 397 g/mol. The lowest BCUT2D eigenvalue weighted by Gasteiger charge is -2.30. The molecule has 1 saturated carbocycles. The van der Waals surface area contributed by atoms with Crippen molar-refractivity contribution in [1.82, 2.24) is 4.90 Å². The molecule has 0 heterocycles. The minimum absolute atomic E-state index is 0.0106. The fraction of sp³-hybridized carbons (Fsp3) is 0.458. The lowest BCUT2D eigenvalue weighted by molar-refractivity contribution is 0.0660. The highest BCUT2D eigenvalue weighted by Crippen LogP contribution is 2.32. The Morgan fingerprint density at radius 2 is 1.69 bits per heavy atom. The number of benzene rings is 2. The van der Waals surface area contributed by atoms with Gasteiger partial charge in [-0.3, -0.25) is 4.79 Å². The topological polar surface area (TPSA) is 48.0 Å². The summed E-state index contributed by atoms with van der Waals surface area (Å²) in [6.07, 6.45) is 4.43. The summed E-state index contributed by atoms with van der Waals surface area (Å²) in [7, 11) is 3.24. The van der Waals surface area contributed by atoms with E-state index in [9.17, 15) is 4.79 Å². The van der Waals surface area contributed by atoms with E-state index in [1.54, 1.807) is 14.2 Å². The molecular weight excluding hydrogens is 366 g/mol. The van der Waals surface area contributed by atoms with Crippen molar-refractivity contribution in [3.8, 4) is 17.2 Å². The maximum Gasteiger partial charge on any atom is 0.258 e. The standard InChI is InChI=1S/C24H31NO4/c1-17(2)29-23-15-18(13-14-22(23)28-4)16-25(19-9-5-6-10-19)24(26)20-11-7-8-12-21(20)27-3/h7-8,11-15,17,19H,5-6,9-10,16H2,1-4H3. The fourth-order valence-electron chi connectivity index (χ4n) is 3.92. The van der Waals surface area contributed by atoms with Gasteiger partial charge < -0.3 is 19.1 Å². The zero-order chi connectivity index (χ0) is 20.8. The Kier molecular flexibility index (Phi) is 7.02. The van der Waals surface area contributed by atoms with Crippen LogP contribution in [0.15, 0.2) is 42.5 Å². The molecule has 3 rings (SSSR count). The molecule has 0 bridgehead atoms. The minimum atomic E-state index is 0.0106. The second kappa shape index (κ2) is 9.68. The van der Waals surface area contributed by atoms with Crippen LogP contribution < -0.4 is 14.2 Å². The summed E-state index contributed by atoms with van der Waals surface area (Å²) in [5, 5.41) is 0. The molecule has 29 heavy (non-hydrogen) atoms. The third-order valence-electron chi connectivity index (χ3n) is 5.31. The Morgan fingerprint density at radius 1 is 1.00 bits per heavy atom. The van der Waals surface area contributed by atoms with Gasteiger partial charge in [0.15, 0.2) is 11.5 Å². The molecule has 1 aliphatic rings. The fourth-order valence-corrected chi connectivity index (χ4v) is 3.92. The second-order valence-corrected chi connectivity index (χ2v) is 7.72. The van der Waals surface area contributed by atoms with E-state index >= 15 is 0 Å². The minimum Gasteiger partial charge on any atom is -0.496 e. The van der Waals surface area contributed by atoms with Crippen LogP contribution in [0.25, 0.3) is 0 Å². The average Bonchev–Trinajstić information content (AvgIpc) is 3.25. The Balaban J connectivity index is 1.91. The van der Waals surface area contributed by atoms with Crippen LogP contribution >= 0.6 is 0 Å². The molecule has 1 amide bonds. The van der Waals surface area contributed by atoms with Crippen LogP contribution in [0.5, 0.6) is 17.2 Å². The highest BCUT2D eigenvalue weighted by molar-refractivity contribution is 5.97. The van der Waals surface area contributed by atoms with Gasteiger partial charge in [0.2, 0.25) is 0 Å². The van der Waals surface area contributed by atoms with Crippen LogP contribution in [0.3, 0.4) is 0 Å². The Morgan fingerprint density at radius 3 is 2.34 bits per heavy atom. The largest absolute Gasteiger partial charge is 0.496 e. The van der Waals surface area contributed by atoms with E-state index in [1.807, 2.05) is 61.2 Å².